The molecule has 2 aliphatic heterocycles. The summed E-state index contributed by atoms with van der Waals surface area (Å²) < 4.78 is 38.3. The molecule has 0 radical (unpaired) electrons. The Labute approximate surface area is 204 Å². The summed E-state index contributed by atoms with van der Waals surface area (Å²) in [5.74, 6) is 0.883. The van der Waals surface area contributed by atoms with Crippen molar-refractivity contribution in [1.29, 1.82) is 0 Å². The van der Waals surface area contributed by atoms with Crippen LogP contribution in [-0.4, -0.2) is 45.9 Å². The number of ether oxygens (including phenoxy) is 1. The molecular weight excluding hydrogens is 464 g/mol. The van der Waals surface area contributed by atoms with Gasteiger partial charge in [-0.05, 0) is 54.3 Å². The highest BCUT2D eigenvalue weighted by atomic mass is 32.2. The van der Waals surface area contributed by atoms with Crippen LogP contribution in [0, 0.1) is 6.92 Å². The molecule has 9 nitrogen and oxygen atoms in total. The van der Waals surface area contributed by atoms with Crippen LogP contribution in [0.5, 0.6) is 0 Å². The number of hydrogen-bond acceptors (Lipinski definition) is 6. The SMILES string of the molecule is Cc1cc(-c2cncn2C)cc2c1CN(c1cccc(CC3(c4nncn4C)COC3)c1)S2(=O)=O. The highest BCUT2D eigenvalue weighted by molar-refractivity contribution is 7.93. The predicted molar refractivity (Wildman–Crippen MR) is 130 cm³/mol. The van der Waals surface area contributed by atoms with E-state index in [0.717, 1.165) is 33.8 Å². The molecule has 0 N–H and O–H groups in total. The highest BCUT2D eigenvalue weighted by Crippen LogP contribution is 2.40. The maximum Gasteiger partial charge on any atom is 0.265 e. The molecule has 2 aromatic heterocycles. The summed E-state index contributed by atoms with van der Waals surface area (Å²) in [5, 5.41) is 8.36. The van der Waals surface area contributed by atoms with E-state index in [9.17, 15) is 8.42 Å². The molecule has 2 aliphatic rings. The van der Waals surface area contributed by atoms with Crippen LogP contribution < -0.4 is 4.31 Å². The maximum atomic E-state index is 13.7. The van der Waals surface area contributed by atoms with Gasteiger partial charge in [0, 0.05) is 19.7 Å². The number of hydrogen-bond donors (Lipinski definition) is 0. The summed E-state index contributed by atoms with van der Waals surface area (Å²) in [6, 6.07) is 11.6. The van der Waals surface area contributed by atoms with Gasteiger partial charge in [0.25, 0.3) is 10.0 Å². The lowest BCUT2D eigenvalue weighted by atomic mass is 9.79. The Morgan fingerprint density at radius 1 is 1.09 bits per heavy atom. The Morgan fingerprint density at radius 3 is 2.57 bits per heavy atom. The molecular formula is C25H26N6O3S. The summed E-state index contributed by atoms with van der Waals surface area (Å²) in [5.41, 5.74) is 4.95. The van der Waals surface area contributed by atoms with E-state index in [4.69, 9.17) is 4.74 Å². The van der Waals surface area contributed by atoms with Gasteiger partial charge in [0.2, 0.25) is 0 Å². The Hall–Kier alpha value is -3.50. The first-order valence-corrected chi connectivity index (χ1v) is 12.9. The van der Waals surface area contributed by atoms with E-state index in [0.29, 0.717) is 36.8 Å². The first kappa shape index (κ1) is 22.0. The van der Waals surface area contributed by atoms with Crippen molar-refractivity contribution in [1.82, 2.24) is 24.3 Å². The van der Waals surface area contributed by atoms with Crippen LogP contribution in [0.1, 0.15) is 22.5 Å². The van der Waals surface area contributed by atoms with Gasteiger partial charge in [-0.25, -0.2) is 13.4 Å². The van der Waals surface area contributed by atoms with Gasteiger partial charge in [-0.15, -0.1) is 10.2 Å². The van der Waals surface area contributed by atoms with E-state index in [-0.39, 0.29) is 5.41 Å². The minimum atomic E-state index is -3.70. The van der Waals surface area contributed by atoms with Crippen molar-refractivity contribution in [3.63, 3.8) is 0 Å². The van der Waals surface area contributed by atoms with Crippen molar-refractivity contribution in [2.75, 3.05) is 17.5 Å². The second-order valence-corrected chi connectivity index (χ2v) is 11.4. The lowest BCUT2D eigenvalue weighted by Crippen LogP contribution is -2.50. The molecule has 4 aromatic rings. The van der Waals surface area contributed by atoms with Crippen molar-refractivity contribution >= 4 is 15.7 Å². The molecule has 4 heterocycles. The molecule has 0 saturated carbocycles. The Bertz CT molecular complexity index is 1550. The summed E-state index contributed by atoms with van der Waals surface area (Å²) in [6.07, 6.45) is 5.85. The average molecular weight is 491 g/mol. The maximum absolute atomic E-state index is 13.7. The predicted octanol–water partition coefficient (Wildman–Crippen LogP) is 2.74. The molecule has 0 amide bonds. The van der Waals surface area contributed by atoms with Crippen molar-refractivity contribution in [3.05, 3.63) is 77.8 Å². The van der Waals surface area contributed by atoms with E-state index in [1.54, 1.807) is 24.9 Å². The van der Waals surface area contributed by atoms with Gasteiger partial charge in [-0.1, -0.05) is 12.1 Å². The lowest BCUT2D eigenvalue weighted by Gasteiger charge is -2.40. The van der Waals surface area contributed by atoms with Gasteiger partial charge in [0.15, 0.2) is 0 Å². The fraction of sp³-hybridized carbons (Fsp3) is 0.320. The molecule has 1 saturated heterocycles. The van der Waals surface area contributed by atoms with Gasteiger partial charge in [-0.2, -0.15) is 0 Å². The number of aromatic nitrogens is 5. The standard InChI is InChI=1S/C25H26N6O3S/c1-17-7-19(22-11-26-15-29(22)2)9-23-21(17)12-31(35(23,32)33)20-6-4-5-18(8-20)10-25(13-34-14-25)24-28-27-16-30(24)3/h4-9,11,15-16H,10,12-14H2,1-3H3. The van der Waals surface area contributed by atoms with Crippen molar-refractivity contribution < 1.29 is 13.2 Å². The highest BCUT2D eigenvalue weighted by Gasteiger charge is 2.44. The van der Waals surface area contributed by atoms with E-state index in [2.05, 4.69) is 15.2 Å². The van der Waals surface area contributed by atoms with Crippen LogP contribution in [0.15, 0.2) is 60.1 Å². The summed E-state index contributed by atoms with van der Waals surface area (Å²) in [6.45, 7) is 3.41. The van der Waals surface area contributed by atoms with Crippen molar-refractivity contribution in [2.24, 2.45) is 14.1 Å². The number of sulfonamides is 1. The lowest BCUT2D eigenvalue weighted by molar-refractivity contribution is -0.0657. The largest absolute Gasteiger partial charge is 0.379 e. The second-order valence-electron chi connectivity index (χ2n) is 9.56. The van der Waals surface area contributed by atoms with Crippen molar-refractivity contribution in [2.45, 2.75) is 30.2 Å². The summed E-state index contributed by atoms with van der Waals surface area (Å²) in [7, 11) is 0.136. The molecule has 0 bridgehead atoms. The third-order valence-electron chi connectivity index (χ3n) is 7.10. The molecule has 10 heteroatoms. The van der Waals surface area contributed by atoms with Gasteiger partial charge in [-0.3, -0.25) is 4.31 Å². The van der Waals surface area contributed by atoms with Gasteiger partial charge < -0.3 is 13.9 Å². The molecule has 0 aliphatic carbocycles. The fourth-order valence-electron chi connectivity index (χ4n) is 5.21. The number of benzene rings is 2. The van der Waals surface area contributed by atoms with Crippen LogP contribution in [0.4, 0.5) is 5.69 Å². The molecule has 0 unspecified atom stereocenters. The van der Waals surface area contributed by atoms with Gasteiger partial charge in [0.1, 0.15) is 12.2 Å². The molecule has 1 fully saturated rings. The Balaban J connectivity index is 1.35. The normalized spacial score (nSPS) is 17.9. The zero-order valence-corrected chi connectivity index (χ0v) is 20.7. The van der Waals surface area contributed by atoms with Crippen LogP contribution in [-0.2, 0) is 47.2 Å². The molecule has 2 aromatic carbocycles. The molecule has 180 valence electrons. The minimum absolute atomic E-state index is 0.259. The third-order valence-corrected chi connectivity index (χ3v) is 8.94. The zero-order valence-electron chi connectivity index (χ0n) is 19.8. The van der Waals surface area contributed by atoms with Crippen LogP contribution in [0.25, 0.3) is 11.3 Å². The average Bonchev–Trinajstić information content (AvgIpc) is 3.49. The first-order chi connectivity index (χ1) is 16.8. The number of nitrogens with zero attached hydrogens (tertiary/aromatic N) is 6. The first-order valence-electron chi connectivity index (χ1n) is 11.4. The molecule has 6 rings (SSSR count). The summed E-state index contributed by atoms with van der Waals surface area (Å²) >= 11 is 0. The van der Waals surface area contributed by atoms with Crippen molar-refractivity contribution in [3.8, 4) is 11.3 Å². The number of imidazole rings is 1. The van der Waals surface area contributed by atoms with Crippen LogP contribution >= 0.6 is 0 Å². The topological polar surface area (TPSA) is 95.1 Å². The number of rotatable bonds is 5. The van der Waals surface area contributed by atoms with Gasteiger partial charge >= 0.3 is 0 Å². The Kier molecular flexibility index (Phi) is 4.87. The van der Waals surface area contributed by atoms with Crippen LogP contribution in [0.3, 0.4) is 0 Å². The zero-order chi connectivity index (χ0) is 24.4. The molecule has 0 spiro atoms. The van der Waals surface area contributed by atoms with Gasteiger partial charge in [0.05, 0.1) is 54.0 Å². The molecule has 0 atom stereocenters. The number of aryl methyl sites for hydroxylation is 3. The van der Waals surface area contributed by atoms with E-state index < -0.39 is 10.0 Å². The smallest absolute Gasteiger partial charge is 0.265 e. The quantitative estimate of drug-likeness (QED) is 0.427. The Morgan fingerprint density at radius 2 is 1.91 bits per heavy atom. The van der Waals surface area contributed by atoms with E-state index in [1.807, 2.05) is 60.5 Å². The number of anilines is 1. The van der Waals surface area contributed by atoms with E-state index >= 15 is 0 Å². The number of fused-ring (bicyclic) bond motifs is 1. The third kappa shape index (κ3) is 3.39. The minimum Gasteiger partial charge on any atom is -0.379 e. The monoisotopic (exact) mass is 490 g/mol. The summed E-state index contributed by atoms with van der Waals surface area (Å²) in [4.78, 5) is 4.54. The second kappa shape index (κ2) is 7.76. The molecule has 35 heavy (non-hydrogen) atoms. The van der Waals surface area contributed by atoms with E-state index in [1.165, 1.54) is 4.31 Å². The fourth-order valence-corrected chi connectivity index (χ4v) is 6.95. The van der Waals surface area contributed by atoms with Crippen LogP contribution in [0.2, 0.25) is 0 Å².